The average Bonchev–Trinajstić information content (AvgIpc) is 3.17. The summed E-state index contributed by atoms with van der Waals surface area (Å²) in [7, 11) is 0. The number of benzene rings is 1. The third-order valence-electron chi connectivity index (χ3n) is 4.91. The monoisotopic (exact) mass is 272 g/mol. The first kappa shape index (κ1) is 12.2. The molecule has 3 aliphatic rings. The molecule has 0 aromatic heterocycles. The Labute approximate surface area is 119 Å². The van der Waals surface area contributed by atoms with E-state index in [-0.39, 0.29) is 11.7 Å². The molecule has 0 bridgehead atoms. The molecule has 2 saturated carbocycles. The molecule has 0 unspecified atom stereocenters. The molecule has 1 spiro atoms. The third-order valence-corrected chi connectivity index (χ3v) is 4.91. The predicted octanol–water partition coefficient (Wildman–Crippen LogP) is 4.10. The van der Waals surface area contributed by atoms with E-state index in [0.717, 1.165) is 55.6 Å². The van der Waals surface area contributed by atoms with Gasteiger partial charge in [0.2, 0.25) is 0 Å². The number of hydrogen-bond donors (Lipinski definition) is 0. The Bertz CT molecular complexity index is 537. The highest BCUT2D eigenvalue weighted by Gasteiger charge is 2.44. The van der Waals surface area contributed by atoms with Gasteiger partial charge in [-0.25, -0.2) is 0 Å². The topological polar surface area (TPSA) is 35.5 Å². The van der Waals surface area contributed by atoms with Crippen molar-refractivity contribution >= 4 is 5.78 Å². The summed E-state index contributed by atoms with van der Waals surface area (Å²) in [6.07, 6.45) is 8.66. The summed E-state index contributed by atoms with van der Waals surface area (Å²) < 4.78 is 12.0. The minimum absolute atomic E-state index is 0.218. The number of Topliss-reactive ketones (excluding diaryl/α,β-unsaturated/α-hetero) is 1. The van der Waals surface area contributed by atoms with Crippen molar-refractivity contribution in [1.82, 2.24) is 0 Å². The van der Waals surface area contributed by atoms with Crippen molar-refractivity contribution in [2.24, 2.45) is 5.92 Å². The zero-order valence-electron chi connectivity index (χ0n) is 11.7. The lowest BCUT2D eigenvalue weighted by molar-refractivity contribution is -0.0716. The Morgan fingerprint density at radius 2 is 1.70 bits per heavy atom. The molecule has 0 radical (unpaired) electrons. The summed E-state index contributed by atoms with van der Waals surface area (Å²) >= 11 is 0. The van der Waals surface area contributed by atoms with E-state index >= 15 is 0 Å². The summed E-state index contributed by atoms with van der Waals surface area (Å²) in [6, 6.07) is 5.70. The molecule has 20 heavy (non-hydrogen) atoms. The first-order valence-electron chi connectivity index (χ1n) is 7.82. The standard InChI is InChI=1S/C17H20O3/c18-16(12-5-1-2-6-12)13-7-8-14-15(11-13)20-17(19-14)9-3-4-10-17/h7-8,11-12H,1-6,9-10H2. The molecule has 4 rings (SSSR count). The van der Waals surface area contributed by atoms with Crippen molar-refractivity contribution in [3.8, 4) is 11.5 Å². The van der Waals surface area contributed by atoms with Gasteiger partial charge in [0.1, 0.15) is 0 Å². The zero-order chi connectivity index (χ0) is 13.6. The Morgan fingerprint density at radius 1 is 1.00 bits per heavy atom. The fraction of sp³-hybridized carbons (Fsp3) is 0.588. The third kappa shape index (κ3) is 1.91. The Kier molecular flexibility index (Phi) is 2.76. The second kappa shape index (κ2) is 4.51. The number of carbonyl (C=O) groups is 1. The number of ketones is 1. The quantitative estimate of drug-likeness (QED) is 0.760. The van der Waals surface area contributed by atoms with Crippen LogP contribution in [-0.4, -0.2) is 11.6 Å². The van der Waals surface area contributed by atoms with Crippen molar-refractivity contribution in [2.75, 3.05) is 0 Å². The van der Waals surface area contributed by atoms with Gasteiger partial charge in [-0.15, -0.1) is 0 Å². The van der Waals surface area contributed by atoms with Gasteiger partial charge in [0, 0.05) is 24.3 Å². The van der Waals surface area contributed by atoms with Crippen LogP contribution in [0.4, 0.5) is 0 Å². The van der Waals surface area contributed by atoms with Crippen LogP contribution in [0.5, 0.6) is 11.5 Å². The van der Waals surface area contributed by atoms with E-state index in [0.29, 0.717) is 0 Å². The summed E-state index contributed by atoms with van der Waals surface area (Å²) in [4.78, 5) is 12.5. The smallest absolute Gasteiger partial charge is 0.251 e. The van der Waals surface area contributed by atoms with Crippen LogP contribution >= 0.6 is 0 Å². The molecule has 3 nitrogen and oxygen atoms in total. The molecular weight excluding hydrogens is 252 g/mol. The van der Waals surface area contributed by atoms with Crippen molar-refractivity contribution in [3.63, 3.8) is 0 Å². The van der Waals surface area contributed by atoms with Gasteiger partial charge in [0.15, 0.2) is 17.3 Å². The van der Waals surface area contributed by atoms with Crippen LogP contribution in [0.3, 0.4) is 0 Å². The lowest BCUT2D eigenvalue weighted by Gasteiger charge is -2.21. The van der Waals surface area contributed by atoms with E-state index in [9.17, 15) is 4.79 Å². The summed E-state index contributed by atoms with van der Waals surface area (Å²) in [5.41, 5.74) is 0.786. The maximum absolute atomic E-state index is 12.5. The first-order chi connectivity index (χ1) is 9.76. The lowest BCUT2D eigenvalue weighted by Crippen LogP contribution is -2.34. The molecule has 1 aliphatic heterocycles. The number of carbonyl (C=O) groups excluding carboxylic acids is 1. The van der Waals surface area contributed by atoms with E-state index in [2.05, 4.69) is 0 Å². The Hall–Kier alpha value is -1.51. The highest BCUT2D eigenvalue weighted by atomic mass is 16.7. The van der Waals surface area contributed by atoms with Crippen molar-refractivity contribution < 1.29 is 14.3 Å². The molecular formula is C17H20O3. The van der Waals surface area contributed by atoms with Gasteiger partial charge >= 0.3 is 0 Å². The molecule has 0 atom stereocenters. The molecule has 3 heteroatoms. The first-order valence-corrected chi connectivity index (χ1v) is 7.82. The number of fused-ring (bicyclic) bond motifs is 1. The minimum atomic E-state index is -0.433. The fourth-order valence-corrected chi connectivity index (χ4v) is 3.79. The van der Waals surface area contributed by atoms with Crippen molar-refractivity contribution in [2.45, 2.75) is 57.2 Å². The van der Waals surface area contributed by atoms with Crippen LogP contribution in [0, 0.1) is 5.92 Å². The Balaban J connectivity index is 1.58. The van der Waals surface area contributed by atoms with Crippen LogP contribution in [0.2, 0.25) is 0 Å². The molecule has 2 fully saturated rings. The normalized spacial score (nSPS) is 23.6. The molecule has 106 valence electrons. The van der Waals surface area contributed by atoms with Crippen molar-refractivity contribution in [3.05, 3.63) is 23.8 Å². The van der Waals surface area contributed by atoms with E-state index in [1.807, 2.05) is 18.2 Å². The molecule has 1 aromatic rings. The molecule has 0 amide bonds. The number of rotatable bonds is 2. The van der Waals surface area contributed by atoms with E-state index in [1.165, 1.54) is 12.8 Å². The van der Waals surface area contributed by atoms with E-state index in [1.54, 1.807) is 0 Å². The predicted molar refractivity (Wildman–Crippen MR) is 75.2 cm³/mol. The Morgan fingerprint density at radius 3 is 2.45 bits per heavy atom. The summed E-state index contributed by atoms with van der Waals surface area (Å²) in [5.74, 6) is 1.62. The van der Waals surface area contributed by atoms with Gasteiger partial charge in [-0.05, 0) is 43.9 Å². The van der Waals surface area contributed by atoms with Gasteiger partial charge in [-0.1, -0.05) is 12.8 Å². The number of ether oxygens (including phenoxy) is 2. The summed E-state index contributed by atoms with van der Waals surface area (Å²) in [5, 5.41) is 0. The van der Waals surface area contributed by atoms with Crippen LogP contribution in [0.25, 0.3) is 0 Å². The summed E-state index contributed by atoms with van der Waals surface area (Å²) in [6.45, 7) is 0. The highest BCUT2D eigenvalue weighted by Crippen LogP contribution is 2.47. The fourth-order valence-electron chi connectivity index (χ4n) is 3.79. The zero-order valence-corrected chi connectivity index (χ0v) is 11.7. The van der Waals surface area contributed by atoms with Crippen LogP contribution in [0.15, 0.2) is 18.2 Å². The SMILES string of the molecule is O=C(c1ccc2c(c1)OC1(CCCC1)O2)C1CCCC1. The van der Waals surface area contributed by atoms with Crippen LogP contribution in [0.1, 0.15) is 61.7 Å². The van der Waals surface area contributed by atoms with Gasteiger partial charge in [0.25, 0.3) is 5.79 Å². The molecule has 1 aromatic carbocycles. The van der Waals surface area contributed by atoms with E-state index in [4.69, 9.17) is 9.47 Å². The van der Waals surface area contributed by atoms with Gasteiger partial charge in [-0.3, -0.25) is 4.79 Å². The molecule has 1 heterocycles. The minimum Gasteiger partial charge on any atom is -0.448 e. The van der Waals surface area contributed by atoms with E-state index < -0.39 is 5.79 Å². The molecule has 0 saturated heterocycles. The van der Waals surface area contributed by atoms with Crippen LogP contribution < -0.4 is 9.47 Å². The van der Waals surface area contributed by atoms with Gasteiger partial charge in [-0.2, -0.15) is 0 Å². The maximum Gasteiger partial charge on any atom is 0.251 e. The van der Waals surface area contributed by atoms with Crippen LogP contribution in [-0.2, 0) is 0 Å². The largest absolute Gasteiger partial charge is 0.448 e. The van der Waals surface area contributed by atoms with Gasteiger partial charge in [0.05, 0.1) is 0 Å². The van der Waals surface area contributed by atoms with Crippen molar-refractivity contribution in [1.29, 1.82) is 0 Å². The molecule has 0 N–H and O–H groups in total. The number of hydrogen-bond acceptors (Lipinski definition) is 3. The maximum atomic E-state index is 12.5. The van der Waals surface area contributed by atoms with Gasteiger partial charge < -0.3 is 9.47 Å². The lowest BCUT2D eigenvalue weighted by atomic mass is 9.96. The highest BCUT2D eigenvalue weighted by molar-refractivity contribution is 5.98. The molecule has 2 aliphatic carbocycles. The second-order valence-electron chi connectivity index (χ2n) is 6.33. The average molecular weight is 272 g/mol. The second-order valence-corrected chi connectivity index (χ2v) is 6.33.